The molecule has 2 aliphatic carbocycles. The number of sulfonamides is 1. The Morgan fingerprint density at radius 3 is 2.64 bits per heavy atom. The number of alkyl halides is 1. The van der Waals surface area contributed by atoms with Crippen molar-refractivity contribution in [2.24, 2.45) is 5.92 Å². The van der Waals surface area contributed by atoms with Gasteiger partial charge in [-0.15, -0.1) is 11.6 Å². The molecule has 0 spiro atoms. The molecule has 11 heteroatoms. The number of aliphatic hydroxyl groups is 1. The first-order valence-corrected chi connectivity index (χ1v) is 13.4. The van der Waals surface area contributed by atoms with Gasteiger partial charge in [-0.3, -0.25) is 14.5 Å². The van der Waals surface area contributed by atoms with Crippen molar-refractivity contribution in [1.29, 1.82) is 0 Å². The van der Waals surface area contributed by atoms with Crippen LogP contribution >= 0.6 is 11.6 Å². The average Bonchev–Trinajstić information content (AvgIpc) is 3.69. The quantitative estimate of drug-likeness (QED) is 0.551. The molecule has 2 saturated carbocycles. The third kappa shape index (κ3) is 4.34. The molecule has 180 valence electrons. The van der Waals surface area contributed by atoms with E-state index in [1.54, 1.807) is 15.9 Å². The van der Waals surface area contributed by atoms with Crippen LogP contribution in [0.1, 0.15) is 49.4 Å². The van der Waals surface area contributed by atoms with Crippen molar-refractivity contribution < 1.29 is 23.1 Å². The highest BCUT2D eigenvalue weighted by Crippen LogP contribution is 2.40. The molecule has 2 aliphatic heterocycles. The van der Waals surface area contributed by atoms with Crippen LogP contribution in [0, 0.1) is 5.92 Å². The van der Waals surface area contributed by atoms with Crippen LogP contribution in [0.15, 0.2) is 23.1 Å². The smallest absolute Gasteiger partial charge is 0.259 e. The van der Waals surface area contributed by atoms with Gasteiger partial charge < -0.3 is 14.9 Å². The zero-order valence-electron chi connectivity index (χ0n) is 18.5. The highest BCUT2D eigenvalue weighted by molar-refractivity contribution is 7.89. The summed E-state index contributed by atoms with van der Waals surface area (Å²) < 4.78 is 28.6. The average molecular weight is 497 g/mol. The van der Waals surface area contributed by atoms with Crippen molar-refractivity contribution in [3.05, 3.63) is 23.8 Å². The fraction of sp³-hybridized carbons (Fsp3) is 0.636. The first-order valence-electron chi connectivity index (χ1n) is 11.4. The number of likely N-dealkylation sites (tertiary alicyclic amines) is 1. The van der Waals surface area contributed by atoms with Gasteiger partial charge in [0.15, 0.2) is 0 Å². The van der Waals surface area contributed by atoms with E-state index in [4.69, 9.17) is 11.6 Å². The van der Waals surface area contributed by atoms with Gasteiger partial charge in [0.05, 0.1) is 22.2 Å². The van der Waals surface area contributed by atoms with Crippen molar-refractivity contribution in [3.8, 4) is 0 Å². The van der Waals surface area contributed by atoms with Crippen LogP contribution in [0.5, 0.6) is 0 Å². The highest BCUT2D eigenvalue weighted by atomic mass is 35.5. The fourth-order valence-electron chi connectivity index (χ4n) is 4.70. The van der Waals surface area contributed by atoms with E-state index in [9.17, 15) is 23.1 Å². The molecule has 1 aromatic rings. The number of aliphatic hydroxyl groups excluding tert-OH is 1. The topological polar surface area (TPSA) is 110 Å². The lowest BCUT2D eigenvalue weighted by atomic mass is 10.0. The maximum absolute atomic E-state index is 13.6. The molecule has 33 heavy (non-hydrogen) atoms. The van der Waals surface area contributed by atoms with Crippen molar-refractivity contribution in [2.45, 2.75) is 61.9 Å². The van der Waals surface area contributed by atoms with Gasteiger partial charge in [-0.05, 0) is 63.1 Å². The molecule has 5 rings (SSSR count). The molecular weight excluding hydrogens is 468 g/mol. The second-order valence-corrected chi connectivity index (χ2v) is 11.9. The molecule has 4 aliphatic rings. The highest BCUT2D eigenvalue weighted by Gasteiger charge is 2.45. The number of rotatable bonds is 7. The normalized spacial score (nSPS) is 26.5. The van der Waals surface area contributed by atoms with Gasteiger partial charge >= 0.3 is 0 Å². The molecule has 0 aromatic heterocycles. The van der Waals surface area contributed by atoms with Crippen molar-refractivity contribution in [1.82, 2.24) is 14.5 Å². The molecule has 9 nitrogen and oxygen atoms in total. The molecule has 3 fully saturated rings. The zero-order chi connectivity index (χ0) is 23.5. The molecule has 1 saturated heterocycles. The predicted molar refractivity (Wildman–Crippen MR) is 122 cm³/mol. The van der Waals surface area contributed by atoms with E-state index in [1.807, 2.05) is 6.92 Å². The van der Waals surface area contributed by atoms with E-state index in [-0.39, 0.29) is 28.3 Å². The Balaban J connectivity index is 1.48. The lowest BCUT2D eigenvalue weighted by molar-refractivity contribution is -0.127. The van der Waals surface area contributed by atoms with Gasteiger partial charge in [-0.2, -0.15) is 0 Å². The van der Waals surface area contributed by atoms with Crippen molar-refractivity contribution in [2.75, 3.05) is 30.4 Å². The monoisotopic (exact) mass is 496 g/mol. The van der Waals surface area contributed by atoms with Gasteiger partial charge in [-0.25, -0.2) is 13.1 Å². The number of hydrogen-bond acceptors (Lipinski definition) is 6. The first kappa shape index (κ1) is 22.9. The predicted octanol–water partition coefficient (Wildman–Crippen LogP) is 1.31. The van der Waals surface area contributed by atoms with Crippen molar-refractivity contribution in [3.63, 3.8) is 0 Å². The molecule has 0 radical (unpaired) electrons. The van der Waals surface area contributed by atoms with Crippen LogP contribution in [-0.2, 0) is 14.8 Å². The molecule has 0 bridgehead atoms. The summed E-state index contributed by atoms with van der Waals surface area (Å²) in [5.74, 6) is -0.335. The summed E-state index contributed by atoms with van der Waals surface area (Å²) in [6.45, 7) is 3.19. The van der Waals surface area contributed by atoms with E-state index in [1.165, 1.54) is 17.0 Å². The molecule has 2 atom stereocenters. The molecule has 2 unspecified atom stereocenters. The van der Waals surface area contributed by atoms with E-state index in [2.05, 4.69) is 4.72 Å². The summed E-state index contributed by atoms with van der Waals surface area (Å²) in [5, 5.41) is 11.2. The number of carbonyl (C=O) groups excluding carboxylic acids is 2. The van der Waals surface area contributed by atoms with Crippen LogP contribution in [0.2, 0.25) is 0 Å². The molecule has 2 heterocycles. The van der Waals surface area contributed by atoms with Crippen LogP contribution in [0.3, 0.4) is 0 Å². The van der Waals surface area contributed by atoms with Gasteiger partial charge in [0.25, 0.3) is 5.91 Å². The number of anilines is 1. The standard InChI is InChI=1S/C22H29ClN4O5S/c1-22(7-8-22)24-33(31,32)16-4-5-18-17(10-16)20(29)27(21(30)26(18)12-14-2-3-14)15-6-9-25(13-15)19(28)11-23/h4-5,10,14-15,21,24,30H,2-3,6-9,11-13H2,1H3. The SMILES string of the molecule is CC1(NS(=O)(=O)c2ccc3c(c2)C(=O)N(C2CCN(C(=O)CCl)C2)C(O)N3CC2CC2)CC1. The van der Waals surface area contributed by atoms with Crippen LogP contribution in [0.25, 0.3) is 0 Å². The van der Waals surface area contributed by atoms with Crippen LogP contribution < -0.4 is 9.62 Å². The molecule has 2 amide bonds. The number of nitrogens with zero attached hydrogens (tertiary/aromatic N) is 3. The minimum atomic E-state index is -3.78. The fourth-order valence-corrected chi connectivity index (χ4v) is 6.36. The third-order valence-electron chi connectivity index (χ3n) is 7.14. The number of amides is 2. The van der Waals surface area contributed by atoms with E-state index >= 15 is 0 Å². The van der Waals surface area contributed by atoms with Crippen LogP contribution in [0.4, 0.5) is 5.69 Å². The Labute approximate surface area is 198 Å². The van der Waals surface area contributed by atoms with Gasteiger partial charge in [-0.1, -0.05) is 0 Å². The van der Waals surface area contributed by atoms with Gasteiger partial charge in [0, 0.05) is 25.2 Å². The second-order valence-electron chi connectivity index (χ2n) is 9.92. The zero-order valence-corrected chi connectivity index (χ0v) is 20.1. The minimum absolute atomic E-state index is 0.0378. The Morgan fingerprint density at radius 2 is 2.00 bits per heavy atom. The molecular formula is C22H29ClN4O5S. The van der Waals surface area contributed by atoms with Crippen LogP contribution in [-0.4, -0.2) is 78.6 Å². The lowest BCUT2D eigenvalue weighted by Crippen LogP contribution is -2.60. The van der Waals surface area contributed by atoms with E-state index < -0.39 is 27.8 Å². The summed E-state index contributed by atoms with van der Waals surface area (Å²) in [4.78, 5) is 30.4. The number of nitrogens with one attached hydrogen (secondary N) is 1. The number of halogens is 1. The van der Waals surface area contributed by atoms with Crippen molar-refractivity contribution >= 4 is 39.1 Å². The number of hydrogen-bond donors (Lipinski definition) is 2. The third-order valence-corrected chi connectivity index (χ3v) is 9.00. The maximum atomic E-state index is 13.6. The molecule has 2 N–H and O–H groups in total. The lowest BCUT2D eigenvalue weighted by Gasteiger charge is -2.45. The van der Waals surface area contributed by atoms with Gasteiger partial charge in [0.2, 0.25) is 22.3 Å². The largest absolute Gasteiger partial charge is 0.356 e. The maximum Gasteiger partial charge on any atom is 0.259 e. The summed E-state index contributed by atoms with van der Waals surface area (Å²) in [7, 11) is -3.78. The Kier molecular flexibility index (Phi) is 5.63. The van der Waals surface area contributed by atoms with E-state index in [0.29, 0.717) is 37.7 Å². The summed E-state index contributed by atoms with van der Waals surface area (Å²) in [6.07, 6.45) is 3.03. The second kappa shape index (κ2) is 8.11. The number of benzene rings is 1. The van der Waals surface area contributed by atoms with Gasteiger partial charge in [0.1, 0.15) is 5.88 Å². The summed E-state index contributed by atoms with van der Waals surface area (Å²) in [5.41, 5.74) is 0.368. The Morgan fingerprint density at radius 1 is 1.27 bits per heavy atom. The number of fused-ring (bicyclic) bond motifs is 1. The summed E-state index contributed by atoms with van der Waals surface area (Å²) >= 11 is 5.70. The minimum Gasteiger partial charge on any atom is -0.356 e. The Bertz CT molecular complexity index is 1090. The number of carbonyl (C=O) groups is 2. The first-order chi connectivity index (χ1) is 15.6. The molecule has 1 aromatic carbocycles. The van der Waals surface area contributed by atoms with E-state index in [0.717, 1.165) is 25.7 Å². The Hall–Kier alpha value is -1.88. The summed E-state index contributed by atoms with van der Waals surface area (Å²) in [6, 6.07) is 4.16.